The molecule has 4 aromatic rings. The molecule has 0 aliphatic carbocycles. The van der Waals surface area contributed by atoms with E-state index < -0.39 is 29.8 Å². The van der Waals surface area contributed by atoms with Gasteiger partial charge in [0.2, 0.25) is 5.95 Å². The lowest BCUT2D eigenvalue weighted by Gasteiger charge is -2.35. The molecule has 5 rings (SSSR count). The van der Waals surface area contributed by atoms with Gasteiger partial charge in [-0.2, -0.15) is 0 Å². The molecule has 1 unspecified atom stereocenters. The molecular weight excluding hydrogens is 481 g/mol. The fourth-order valence-corrected chi connectivity index (χ4v) is 4.25. The topological polar surface area (TPSA) is 119 Å². The van der Waals surface area contributed by atoms with E-state index >= 15 is 0 Å². The van der Waals surface area contributed by atoms with Crippen molar-refractivity contribution < 1.29 is 37.7 Å². The van der Waals surface area contributed by atoms with Gasteiger partial charge in [-0.15, -0.1) is 13.2 Å². The van der Waals surface area contributed by atoms with Gasteiger partial charge in [-0.25, -0.2) is 9.78 Å². The highest BCUT2D eigenvalue weighted by Gasteiger charge is 2.52. The number of alkyl halides is 3. The van der Waals surface area contributed by atoms with Gasteiger partial charge in [-0.3, -0.25) is 14.6 Å². The SMILES string of the molecule is CN(C(=O)O)c1nc2ccc(C3(O)c4ccccc4C(=O)N3c3ccccc3OC(F)(F)F)cc2[nH]1. The van der Waals surface area contributed by atoms with Crippen molar-refractivity contribution in [2.24, 2.45) is 0 Å². The number of anilines is 2. The summed E-state index contributed by atoms with van der Waals surface area (Å²) in [7, 11) is 1.29. The number of carboxylic acid groups (broad SMARTS) is 1. The molecule has 1 aliphatic rings. The second-order valence-corrected chi connectivity index (χ2v) is 8.01. The maximum atomic E-state index is 13.5. The van der Waals surface area contributed by atoms with E-state index in [0.29, 0.717) is 11.0 Å². The molecule has 184 valence electrons. The molecule has 36 heavy (non-hydrogen) atoms. The highest BCUT2D eigenvalue weighted by Crippen LogP contribution is 2.48. The van der Waals surface area contributed by atoms with Gasteiger partial charge in [-0.05, 0) is 30.3 Å². The molecule has 0 fully saturated rings. The van der Waals surface area contributed by atoms with Crippen LogP contribution in [0, 0.1) is 0 Å². The molecule has 0 radical (unpaired) electrons. The maximum absolute atomic E-state index is 13.5. The molecule has 0 saturated carbocycles. The Labute approximate surface area is 201 Å². The van der Waals surface area contributed by atoms with Crippen molar-refractivity contribution in [3.8, 4) is 5.75 Å². The van der Waals surface area contributed by atoms with Gasteiger partial charge < -0.3 is 19.9 Å². The van der Waals surface area contributed by atoms with E-state index in [1.54, 1.807) is 12.1 Å². The Morgan fingerprint density at radius 2 is 1.81 bits per heavy atom. The van der Waals surface area contributed by atoms with Crippen molar-refractivity contribution in [2.75, 3.05) is 16.8 Å². The highest BCUT2D eigenvalue weighted by molar-refractivity contribution is 6.13. The van der Waals surface area contributed by atoms with Crippen molar-refractivity contribution in [1.82, 2.24) is 9.97 Å². The lowest BCUT2D eigenvalue weighted by Crippen LogP contribution is -2.45. The Morgan fingerprint density at radius 3 is 2.53 bits per heavy atom. The monoisotopic (exact) mass is 498 g/mol. The molecule has 0 spiro atoms. The Kier molecular flexibility index (Phi) is 5.14. The number of amides is 2. The molecule has 1 atom stereocenters. The number of ether oxygens (including phenoxy) is 1. The highest BCUT2D eigenvalue weighted by atomic mass is 19.4. The van der Waals surface area contributed by atoms with Crippen LogP contribution in [0.25, 0.3) is 11.0 Å². The third-order valence-corrected chi connectivity index (χ3v) is 5.87. The summed E-state index contributed by atoms with van der Waals surface area (Å²) >= 11 is 0. The zero-order chi connectivity index (χ0) is 25.8. The number of benzene rings is 3. The number of fused-ring (bicyclic) bond motifs is 2. The summed E-state index contributed by atoms with van der Waals surface area (Å²) in [5, 5.41) is 21.3. The van der Waals surface area contributed by atoms with E-state index in [-0.39, 0.29) is 28.3 Å². The van der Waals surface area contributed by atoms with Crippen LogP contribution in [0.1, 0.15) is 21.5 Å². The minimum atomic E-state index is -5.04. The third-order valence-electron chi connectivity index (χ3n) is 5.87. The fraction of sp³-hybridized carbons (Fsp3) is 0.125. The van der Waals surface area contributed by atoms with Crippen molar-refractivity contribution in [2.45, 2.75) is 12.1 Å². The van der Waals surface area contributed by atoms with Gasteiger partial charge in [0.1, 0.15) is 0 Å². The zero-order valence-corrected chi connectivity index (χ0v) is 18.4. The molecule has 12 heteroatoms. The number of hydrogen-bond acceptors (Lipinski definition) is 5. The standard InChI is InChI=1S/C24H17F3N4O5/c1-30(22(33)34)21-28-16-11-10-13(12-17(16)29-21)23(35)15-7-3-2-6-14(15)20(32)31(23)18-8-4-5-9-19(18)36-24(25,26)27/h2-12,35H,1H3,(H,28,29)(H,33,34). The van der Waals surface area contributed by atoms with Crippen LogP contribution < -0.4 is 14.5 Å². The minimum Gasteiger partial charge on any atom is -0.465 e. The molecule has 3 aromatic carbocycles. The lowest BCUT2D eigenvalue weighted by atomic mass is 9.93. The maximum Gasteiger partial charge on any atom is 0.573 e. The van der Waals surface area contributed by atoms with Crippen LogP contribution in [0.15, 0.2) is 66.7 Å². The van der Waals surface area contributed by atoms with E-state index in [4.69, 9.17) is 0 Å². The number of aromatic nitrogens is 2. The second kappa shape index (κ2) is 7.99. The van der Waals surface area contributed by atoms with Crippen LogP contribution in [0.2, 0.25) is 0 Å². The summed E-state index contributed by atoms with van der Waals surface area (Å²) in [6, 6.07) is 15.6. The van der Waals surface area contributed by atoms with Gasteiger partial charge in [-0.1, -0.05) is 36.4 Å². The Balaban J connectivity index is 1.71. The van der Waals surface area contributed by atoms with Crippen LogP contribution in [-0.2, 0) is 5.72 Å². The molecule has 0 saturated heterocycles. The first kappa shape index (κ1) is 23.2. The first-order valence-corrected chi connectivity index (χ1v) is 10.5. The van der Waals surface area contributed by atoms with E-state index in [1.165, 1.54) is 55.6 Å². The molecule has 3 N–H and O–H groups in total. The number of halogens is 3. The van der Waals surface area contributed by atoms with E-state index in [2.05, 4.69) is 14.7 Å². The number of H-pyrrole nitrogens is 1. The van der Waals surface area contributed by atoms with Crippen molar-refractivity contribution in [3.63, 3.8) is 0 Å². The number of nitrogens with one attached hydrogen (secondary N) is 1. The zero-order valence-electron chi connectivity index (χ0n) is 18.4. The summed E-state index contributed by atoms with van der Waals surface area (Å²) in [5.74, 6) is -1.38. The normalized spacial score (nSPS) is 17.4. The third kappa shape index (κ3) is 3.58. The number of aromatic amines is 1. The van der Waals surface area contributed by atoms with E-state index in [0.717, 1.165) is 15.9 Å². The van der Waals surface area contributed by atoms with Crippen molar-refractivity contribution >= 4 is 34.7 Å². The smallest absolute Gasteiger partial charge is 0.465 e. The van der Waals surface area contributed by atoms with Crippen molar-refractivity contribution in [3.05, 3.63) is 83.4 Å². The average molecular weight is 498 g/mol. The molecule has 9 nitrogen and oxygen atoms in total. The van der Waals surface area contributed by atoms with Crippen LogP contribution in [0.3, 0.4) is 0 Å². The molecule has 2 heterocycles. The fourth-order valence-electron chi connectivity index (χ4n) is 4.25. The summed E-state index contributed by atoms with van der Waals surface area (Å²) in [5.41, 5.74) is -1.44. The number of para-hydroxylation sites is 2. The first-order chi connectivity index (χ1) is 17.0. The minimum absolute atomic E-state index is 0.0188. The quantitative estimate of drug-likeness (QED) is 0.383. The number of rotatable bonds is 4. The van der Waals surface area contributed by atoms with Crippen LogP contribution >= 0.6 is 0 Å². The number of hydrogen-bond donors (Lipinski definition) is 3. The van der Waals surface area contributed by atoms with Gasteiger partial charge in [0.05, 0.1) is 16.7 Å². The summed E-state index contributed by atoms with van der Waals surface area (Å²) in [6.45, 7) is 0. The van der Waals surface area contributed by atoms with Gasteiger partial charge in [0, 0.05) is 23.7 Å². The first-order valence-electron chi connectivity index (χ1n) is 10.5. The average Bonchev–Trinajstić information content (AvgIpc) is 3.35. The van der Waals surface area contributed by atoms with Gasteiger partial charge in [0.25, 0.3) is 5.91 Å². The summed E-state index contributed by atoms with van der Waals surface area (Å²) in [6.07, 6.45) is -6.29. The molecular formula is C24H17F3N4O5. The molecule has 2 amide bonds. The number of carbonyl (C=O) groups excluding carboxylic acids is 1. The predicted molar refractivity (Wildman–Crippen MR) is 122 cm³/mol. The van der Waals surface area contributed by atoms with Crippen molar-refractivity contribution in [1.29, 1.82) is 0 Å². The predicted octanol–water partition coefficient (Wildman–Crippen LogP) is 4.43. The molecule has 1 aromatic heterocycles. The number of carbonyl (C=O) groups is 2. The van der Waals surface area contributed by atoms with Crippen LogP contribution in [-0.4, -0.2) is 45.6 Å². The van der Waals surface area contributed by atoms with Gasteiger partial charge >= 0.3 is 12.5 Å². The Morgan fingerprint density at radius 1 is 1.11 bits per heavy atom. The molecule has 1 aliphatic heterocycles. The van der Waals surface area contributed by atoms with E-state index in [9.17, 15) is 33.0 Å². The Hall–Kier alpha value is -4.58. The van der Waals surface area contributed by atoms with Crippen LogP contribution in [0.5, 0.6) is 5.75 Å². The summed E-state index contributed by atoms with van der Waals surface area (Å²) in [4.78, 5) is 33.5. The second-order valence-electron chi connectivity index (χ2n) is 8.01. The number of nitrogens with zero attached hydrogens (tertiary/aromatic N) is 3. The number of aliphatic hydroxyl groups is 1. The van der Waals surface area contributed by atoms with Crippen LogP contribution in [0.4, 0.5) is 29.6 Å². The largest absolute Gasteiger partial charge is 0.573 e. The summed E-state index contributed by atoms with van der Waals surface area (Å²) < 4.78 is 43.6. The Bertz CT molecular complexity index is 1520. The van der Waals surface area contributed by atoms with E-state index in [1.807, 2.05) is 0 Å². The lowest BCUT2D eigenvalue weighted by molar-refractivity contribution is -0.274. The van der Waals surface area contributed by atoms with Gasteiger partial charge in [0.15, 0.2) is 11.5 Å². The number of imidazole rings is 1. The molecule has 0 bridgehead atoms.